The van der Waals surface area contributed by atoms with Gasteiger partial charge in [-0.15, -0.1) is 12.4 Å². The van der Waals surface area contributed by atoms with Crippen LogP contribution in [0.5, 0.6) is 0 Å². The second-order valence-corrected chi connectivity index (χ2v) is 8.98. The minimum atomic E-state index is -0.529. The standard InChI is InChI=1S/C23H26N4O3S.ClH/c1-15-10-11-16(2)21-20(15)24-22(31-21)26(13-7-12-25(3)4)19(28)14-27-17-8-5-6-9-18(17)30-23(27)29;/h5-6,8-11H,7,12-14H2,1-4H3;1H. The molecule has 4 rings (SSSR count). The minimum Gasteiger partial charge on any atom is -0.408 e. The lowest BCUT2D eigenvalue weighted by atomic mass is 10.1. The number of aryl methyl sites for hydroxylation is 2. The van der Waals surface area contributed by atoms with Crippen LogP contribution in [-0.2, 0) is 11.3 Å². The van der Waals surface area contributed by atoms with E-state index in [-0.39, 0.29) is 24.9 Å². The summed E-state index contributed by atoms with van der Waals surface area (Å²) in [5, 5.41) is 0.664. The fourth-order valence-corrected chi connectivity index (χ4v) is 4.77. The van der Waals surface area contributed by atoms with E-state index >= 15 is 0 Å². The minimum absolute atomic E-state index is 0. The summed E-state index contributed by atoms with van der Waals surface area (Å²) in [6.45, 7) is 5.37. The van der Waals surface area contributed by atoms with E-state index in [1.165, 1.54) is 15.9 Å². The van der Waals surface area contributed by atoms with Crippen molar-refractivity contribution in [2.75, 3.05) is 32.1 Å². The van der Waals surface area contributed by atoms with Gasteiger partial charge in [0, 0.05) is 6.54 Å². The Balaban J connectivity index is 0.00000289. The van der Waals surface area contributed by atoms with Gasteiger partial charge in [0.05, 0.1) is 15.7 Å². The van der Waals surface area contributed by atoms with Gasteiger partial charge in [-0.3, -0.25) is 14.3 Å². The van der Waals surface area contributed by atoms with Gasteiger partial charge in [-0.1, -0.05) is 35.6 Å². The number of nitrogens with zero attached hydrogens (tertiary/aromatic N) is 4. The van der Waals surface area contributed by atoms with E-state index in [0.717, 1.165) is 34.3 Å². The summed E-state index contributed by atoms with van der Waals surface area (Å²) in [6, 6.07) is 11.3. The number of thiazole rings is 1. The molecule has 0 radical (unpaired) electrons. The molecule has 0 atom stereocenters. The summed E-state index contributed by atoms with van der Waals surface area (Å²) in [7, 11) is 4.02. The second-order valence-electron chi connectivity index (χ2n) is 8.00. The number of benzene rings is 2. The number of rotatable bonds is 7. The lowest BCUT2D eigenvalue weighted by molar-refractivity contribution is -0.119. The number of oxazole rings is 1. The average Bonchev–Trinajstić information content (AvgIpc) is 3.31. The molecule has 0 saturated carbocycles. The first kappa shape index (κ1) is 24.0. The molecule has 0 saturated heterocycles. The zero-order chi connectivity index (χ0) is 22.1. The van der Waals surface area contributed by atoms with Crippen LogP contribution in [0.3, 0.4) is 0 Å². The van der Waals surface area contributed by atoms with Gasteiger partial charge in [0.2, 0.25) is 5.91 Å². The summed E-state index contributed by atoms with van der Waals surface area (Å²) in [5.41, 5.74) is 4.25. The second kappa shape index (κ2) is 9.85. The van der Waals surface area contributed by atoms with E-state index in [2.05, 4.69) is 24.0 Å². The number of hydrogen-bond donors (Lipinski definition) is 0. The van der Waals surface area contributed by atoms with Gasteiger partial charge in [0.25, 0.3) is 0 Å². The van der Waals surface area contributed by atoms with Crippen molar-refractivity contribution < 1.29 is 9.21 Å². The number of hydrogen-bond acceptors (Lipinski definition) is 6. The van der Waals surface area contributed by atoms with Crippen LogP contribution in [0, 0.1) is 13.8 Å². The third-order valence-electron chi connectivity index (χ3n) is 5.32. The van der Waals surface area contributed by atoms with E-state index < -0.39 is 5.76 Å². The SMILES string of the molecule is Cc1ccc(C)c2sc(N(CCCN(C)C)C(=O)Cn3c(=O)oc4ccccc43)nc12.Cl. The molecule has 2 aromatic carbocycles. The highest BCUT2D eigenvalue weighted by molar-refractivity contribution is 7.22. The van der Waals surface area contributed by atoms with Crippen molar-refractivity contribution in [3.63, 3.8) is 0 Å². The van der Waals surface area contributed by atoms with Gasteiger partial charge in [0.1, 0.15) is 6.54 Å². The van der Waals surface area contributed by atoms with Crippen LogP contribution in [-0.4, -0.2) is 47.5 Å². The van der Waals surface area contributed by atoms with Crippen LogP contribution in [0.15, 0.2) is 45.6 Å². The van der Waals surface area contributed by atoms with E-state index in [0.29, 0.717) is 22.8 Å². The van der Waals surface area contributed by atoms with Gasteiger partial charge in [-0.2, -0.15) is 0 Å². The fraction of sp³-hybridized carbons (Fsp3) is 0.348. The van der Waals surface area contributed by atoms with Gasteiger partial charge >= 0.3 is 5.76 Å². The molecule has 0 aliphatic carbocycles. The third kappa shape index (κ3) is 4.72. The van der Waals surface area contributed by atoms with Crippen LogP contribution in [0.1, 0.15) is 17.5 Å². The quantitative estimate of drug-likeness (QED) is 0.401. The van der Waals surface area contributed by atoms with E-state index in [1.54, 1.807) is 23.1 Å². The van der Waals surface area contributed by atoms with Gasteiger partial charge in [-0.05, 0) is 64.2 Å². The van der Waals surface area contributed by atoms with Gasteiger partial charge < -0.3 is 9.32 Å². The number of para-hydroxylation sites is 2. The van der Waals surface area contributed by atoms with Crippen LogP contribution < -0.4 is 10.7 Å². The van der Waals surface area contributed by atoms with Crippen molar-refractivity contribution >= 4 is 56.1 Å². The molecular weight excluding hydrogens is 448 g/mol. The first-order valence-corrected chi connectivity index (χ1v) is 11.1. The smallest absolute Gasteiger partial charge is 0.408 e. The number of aromatic nitrogens is 2. The summed E-state index contributed by atoms with van der Waals surface area (Å²) in [4.78, 5) is 34.4. The Kier molecular flexibility index (Phi) is 7.38. The molecule has 0 N–H and O–H groups in total. The maximum atomic E-state index is 13.4. The lowest BCUT2D eigenvalue weighted by Gasteiger charge is -2.21. The van der Waals surface area contributed by atoms with E-state index in [9.17, 15) is 9.59 Å². The molecule has 0 aliphatic heterocycles. The molecule has 2 heterocycles. The lowest BCUT2D eigenvalue weighted by Crippen LogP contribution is -2.37. The van der Waals surface area contributed by atoms with Crippen LogP contribution >= 0.6 is 23.7 Å². The Hall–Kier alpha value is -2.68. The Bertz CT molecular complexity index is 1270. The molecule has 0 unspecified atom stereocenters. The topological polar surface area (TPSA) is 71.6 Å². The maximum Gasteiger partial charge on any atom is 0.420 e. The Morgan fingerprint density at radius 2 is 1.81 bits per heavy atom. The monoisotopic (exact) mass is 474 g/mol. The highest BCUT2D eigenvalue weighted by Gasteiger charge is 2.23. The number of carbonyl (C=O) groups excluding carboxylic acids is 1. The first-order chi connectivity index (χ1) is 14.8. The molecule has 4 aromatic rings. The predicted molar refractivity (Wildman–Crippen MR) is 132 cm³/mol. The molecule has 9 heteroatoms. The normalized spacial score (nSPS) is 11.3. The Morgan fingerprint density at radius 3 is 2.53 bits per heavy atom. The maximum absolute atomic E-state index is 13.4. The summed E-state index contributed by atoms with van der Waals surface area (Å²) >= 11 is 1.52. The molecule has 7 nitrogen and oxygen atoms in total. The van der Waals surface area contributed by atoms with Crippen molar-refractivity contribution in [1.29, 1.82) is 0 Å². The third-order valence-corrected chi connectivity index (χ3v) is 6.53. The average molecular weight is 475 g/mol. The zero-order valence-corrected chi connectivity index (χ0v) is 20.3. The summed E-state index contributed by atoms with van der Waals surface area (Å²) in [6.07, 6.45) is 0.799. The van der Waals surface area contributed by atoms with Gasteiger partial charge in [0.15, 0.2) is 10.7 Å². The number of carbonyl (C=O) groups is 1. The number of halogens is 1. The number of fused-ring (bicyclic) bond motifs is 2. The van der Waals surface area contributed by atoms with Crippen LogP contribution in [0.25, 0.3) is 21.3 Å². The van der Waals surface area contributed by atoms with Crippen molar-refractivity contribution in [2.45, 2.75) is 26.8 Å². The Labute approximate surface area is 196 Å². The van der Waals surface area contributed by atoms with Crippen molar-refractivity contribution in [3.05, 3.63) is 58.1 Å². The van der Waals surface area contributed by atoms with E-state index in [1.807, 2.05) is 27.1 Å². The molecule has 2 aromatic heterocycles. The van der Waals surface area contributed by atoms with Gasteiger partial charge in [-0.25, -0.2) is 9.78 Å². The summed E-state index contributed by atoms with van der Waals surface area (Å²) < 4.78 is 7.77. The molecule has 0 fully saturated rings. The molecule has 32 heavy (non-hydrogen) atoms. The highest BCUT2D eigenvalue weighted by Crippen LogP contribution is 2.33. The van der Waals surface area contributed by atoms with Crippen molar-refractivity contribution in [2.24, 2.45) is 0 Å². The van der Waals surface area contributed by atoms with Crippen molar-refractivity contribution in [1.82, 2.24) is 14.5 Å². The molecular formula is C23H27ClN4O3S. The van der Waals surface area contributed by atoms with Crippen LogP contribution in [0.4, 0.5) is 5.13 Å². The zero-order valence-electron chi connectivity index (χ0n) is 18.6. The fourth-order valence-electron chi connectivity index (χ4n) is 3.62. The molecule has 0 bridgehead atoms. The molecule has 1 amide bonds. The number of amides is 1. The first-order valence-electron chi connectivity index (χ1n) is 10.3. The molecule has 170 valence electrons. The Morgan fingerprint density at radius 1 is 1.09 bits per heavy atom. The number of anilines is 1. The van der Waals surface area contributed by atoms with E-state index in [4.69, 9.17) is 9.40 Å². The van der Waals surface area contributed by atoms with Crippen molar-refractivity contribution in [3.8, 4) is 0 Å². The molecule has 0 spiro atoms. The molecule has 0 aliphatic rings. The summed E-state index contributed by atoms with van der Waals surface area (Å²) in [5.74, 6) is -0.708. The predicted octanol–water partition coefficient (Wildman–Crippen LogP) is 4.23. The highest BCUT2D eigenvalue weighted by atomic mass is 35.5. The largest absolute Gasteiger partial charge is 0.420 e. The van der Waals surface area contributed by atoms with Crippen LogP contribution in [0.2, 0.25) is 0 Å².